The van der Waals surface area contributed by atoms with Gasteiger partial charge in [0.05, 0.1) is 5.92 Å². The van der Waals surface area contributed by atoms with E-state index in [1.165, 1.54) is 34.2 Å². The van der Waals surface area contributed by atoms with Gasteiger partial charge in [-0.3, -0.25) is 4.79 Å². The van der Waals surface area contributed by atoms with Crippen molar-refractivity contribution in [2.45, 2.75) is 31.7 Å². The second-order valence-electron chi connectivity index (χ2n) is 9.97. The van der Waals surface area contributed by atoms with Crippen molar-refractivity contribution in [2.24, 2.45) is 5.92 Å². The van der Waals surface area contributed by atoms with Crippen LogP contribution in [0.3, 0.4) is 0 Å². The molecule has 6 rings (SSSR count). The van der Waals surface area contributed by atoms with Crippen molar-refractivity contribution in [1.29, 1.82) is 0 Å². The summed E-state index contributed by atoms with van der Waals surface area (Å²) in [6.07, 6.45) is 4.19. The van der Waals surface area contributed by atoms with E-state index in [9.17, 15) is 4.79 Å². The summed E-state index contributed by atoms with van der Waals surface area (Å²) in [5, 5.41) is 6.86. The number of ether oxygens (including phenoxy) is 2. The average Bonchev–Trinajstić information content (AvgIpc) is 3.65. The average molecular weight is 492 g/mol. The standard InChI is InChI=1S/C28H33N3O3S/c32-28(22-7-11-31(18-22)24-5-4-21-8-14-35-27(21)17-24)29-23(19-30-9-1-2-10-30)15-20-3-6-25-26(16-20)34-13-12-33-25/h3-6,8,14,16-17,22-23H,1-2,7,9-13,15,18-19H2,(H,29,32). The Kier molecular flexibility index (Phi) is 6.53. The van der Waals surface area contributed by atoms with Crippen molar-refractivity contribution in [2.75, 3.05) is 50.8 Å². The fourth-order valence-corrected chi connectivity index (χ4v) is 6.43. The summed E-state index contributed by atoms with van der Waals surface area (Å²) in [4.78, 5) is 18.2. The second-order valence-corrected chi connectivity index (χ2v) is 10.9. The van der Waals surface area contributed by atoms with Crippen molar-refractivity contribution < 1.29 is 14.3 Å². The molecule has 35 heavy (non-hydrogen) atoms. The number of rotatable bonds is 7. The summed E-state index contributed by atoms with van der Waals surface area (Å²) in [7, 11) is 0. The number of anilines is 1. The van der Waals surface area contributed by atoms with Crippen molar-refractivity contribution in [3.8, 4) is 11.5 Å². The molecular formula is C28H33N3O3S. The van der Waals surface area contributed by atoms with E-state index in [0.717, 1.165) is 57.1 Å². The number of thiophene rings is 1. The molecule has 0 saturated carbocycles. The Labute approximate surface area is 210 Å². The number of benzene rings is 2. The number of carbonyl (C=O) groups excluding carboxylic acids is 1. The van der Waals surface area contributed by atoms with Crippen LogP contribution in [0.15, 0.2) is 47.8 Å². The lowest BCUT2D eigenvalue weighted by Gasteiger charge is -2.27. The van der Waals surface area contributed by atoms with Crippen LogP contribution in [0, 0.1) is 5.92 Å². The zero-order valence-electron chi connectivity index (χ0n) is 20.1. The number of carbonyl (C=O) groups is 1. The van der Waals surface area contributed by atoms with E-state index in [2.05, 4.69) is 56.9 Å². The zero-order chi connectivity index (χ0) is 23.6. The Hall–Kier alpha value is -2.77. The largest absolute Gasteiger partial charge is 0.486 e. The van der Waals surface area contributed by atoms with Gasteiger partial charge in [-0.2, -0.15) is 0 Å². The molecule has 2 unspecified atom stereocenters. The number of nitrogens with zero attached hydrogens (tertiary/aromatic N) is 2. The highest BCUT2D eigenvalue weighted by molar-refractivity contribution is 7.17. The number of amides is 1. The van der Waals surface area contributed by atoms with Gasteiger partial charge in [0, 0.05) is 36.1 Å². The van der Waals surface area contributed by atoms with Gasteiger partial charge in [-0.1, -0.05) is 12.1 Å². The highest BCUT2D eigenvalue weighted by Gasteiger charge is 2.30. The molecule has 7 heteroatoms. The highest BCUT2D eigenvalue weighted by atomic mass is 32.1. The minimum absolute atomic E-state index is 0.0235. The molecule has 4 heterocycles. The maximum Gasteiger partial charge on any atom is 0.225 e. The Morgan fingerprint density at radius 2 is 1.89 bits per heavy atom. The van der Waals surface area contributed by atoms with Crippen LogP contribution in [0.4, 0.5) is 5.69 Å². The summed E-state index contributed by atoms with van der Waals surface area (Å²) in [5.41, 5.74) is 2.40. The van der Waals surface area contributed by atoms with Gasteiger partial charge < -0.3 is 24.6 Å². The van der Waals surface area contributed by atoms with E-state index in [4.69, 9.17) is 9.47 Å². The predicted octanol–water partition coefficient (Wildman–Crippen LogP) is 4.32. The monoisotopic (exact) mass is 491 g/mol. The number of hydrogen-bond acceptors (Lipinski definition) is 6. The second kappa shape index (κ2) is 10.1. The van der Waals surface area contributed by atoms with E-state index in [0.29, 0.717) is 13.2 Å². The van der Waals surface area contributed by atoms with Gasteiger partial charge in [0.15, 0.2) is 11.5 Å². The van der Waals surface area contributed by atoms with Crippen LogP contribution in [-0.2, 0) is 11.2 Å². The lowest BCUT2D eigenvalue weighted by Crippen LogP contribution is -2.46. The number of hydrogen-bond donors (Lipinski definition) is 1. The van der Waals surface area contributed by atoms with Crippen LogP contribution >= 0.6 is 11.3 Å². The van der Waals surface area contributed by atoms with Gasteiger partial charge in [0.25, 0.3) is 0 Å². The summed E-state index contributed by atoms with van der Waals surface area (Å²) in [6.45, 7) is 6.02. The summed E-state index contributed by atoms with van der Waals surface area (Å²) >= 11 is 1.77. The normalized spacial score (nSPS) is 20.9. The third-order valence-electron chi connectivity index (χ3n) is 7.48. The minimum atomic E-state index is 0.0235. The first kappa shape index (κ1) is 22.7. The number of fused-ring (bicyclic) bond motifs is 2. The topological polar surface area (TPSA) is 54.0 Å². The van der Waals surface area contributed by atoms with Crippen LogP contribution in [0.5, 0.6) is 11.5 Å². The Morgan fingerprint density at radius 3 is 2.77 bits per heavy atom. The molecule has 2 aromatic carbocycles. The SMILES string of the molecule is O=C(NC(Cc1ccc2c(c1)OCCO2)CN1CCCC1)C1CCN(c2ccc3ccsc3c2)C1. The van der Waals surface area contributed by atoms with Gasteiger partial charge in [-0.05, 0) is 85.4 Å². The fourth-order valence-electron chi connectivity index (χ4n) is 5.61. The molecule has 0 aliphatic carbocycles. The van der Waals surface area contributed by atoms with E-state index in [-0.39, 0.29) is 17.9 Å². The molecule has 2 fully saturated rings. The molecule has 0 spiro atoms. The first-order chi connectivity index (χ1) is 17.2. The molecule has 0 bridgehead atoms. The van der Waals surface area contributed by atoms with Crippen LogP contribution in [0.25, 0.3) is 10.1 Å². The van der Waals surface area contributed by atoms with Crippen LogP contribution < -0.4 is 19.7 Å². The lowest BCUT2D eigenvalue weighted by atomic mass is 10.0. The number of likely N-dealkylation sites (tertiary alicyclic amines) is 1. The van der Waals surface area contributed by atoms with E-state index in [1.54, 1.807) is 11.3 Å². The molecular weight excluding hydrogens is 458 g/mol. The lowest BCUT2D eigenvalue weighted by molar-refractivity contribution is -0.125. The summed E-state index contributed by atoms with van der Waals surface area (Å²) in [6, 6.07) is 15.1. The number of nitrogens with one attached hydrogen (secondary N) is 1. The van der Waals surface area contributed by atoms with Gasteiger partial charge in [-0.15, -0.1) is 11.3 Å². The van der Waals surface area contributed by atoms with Gasteiger partial charge in [0.2, 0.25) is 5.91 Å². The van der Waals surface area contributed by atoms with Crippen LogP contribution in [0.1, 0.15) is 24.8 Å². The maximum absolute atomic E-state index is 13.4. The maximum atomic E-state index is 13.4. The minimum Gasteiger partial charge on any atom is -0.486 e. The molecule has 1 aromatic heterocycles. The van der Waals surface area contributed by atoms with Crippen molar-refractivity contribution >= 4 is 33.0 Å². The molecule has 2 saturated heterocycles. The third kappa shape index (κ3) is 5.11. The summed E-state index contributed by atoms with van der Waals surface area (Å²) < 4.78 is 12.8. The highest BCUT2D eigenvalue weighted by Crippen LogP contribution is 2.32. The third-order valence-corrected chi connectivity index (χ3v) is 8.36. The molecule has 184 valence electrons. The van der Waals surface area contributed by atoms with E-state index in [1.807, 2.05) is 6.07 Å². The molecule has 0 radical (unpaired) electrons. The molecule has 2 atom stereocenters. The van der Waals surface area contributed by atoms with Crippen molar-refractivity contribution in [3.63, 3.8) is 0 Å². The Bertz CT molecular complexity index is 1190. The first-order valence-electron chi connectivity index (χ1n) is 12.8. The van der Waals surface area contributed by atoms with E-state index >= 15 is 0 Å². The molecule has 3 aliphatic rings. The molecule has 1 N–H and O–H groups in total. The quantitative estimate of drug-likeness (QED) is 0.534. The molecule has 3 aliphatic heterocycles. The molecule has 3 aromatic rings. The smallest absolute Gasteiger partial charge is 0.225 e. The molecule has 1 amide bonds. The first-order valence-corrected chi connectivity index (χ1v) is 13.7. The van der Waals surface area contributed by atoms with Gasteiger partial charge >= 0.3 is 0 Å². The van der Waals surface area contributed by atoms with Crippen LogP contribution in [-0.4, -0.2) is 62.8 Å². The van der Waals surface area contributed by atoms with Crippen molar-refractivity contribution in [3.05, 3.63) is 53.4 Å². The van der Waals surface area contributed by atoms with Crippen LogP contribution in [0.2, 0.25) is 0 Å². The van der Waals surface area contributed by atoms with Gasteiger partial charge in [0.1, 0.15) is 13.2 Å². The van der Waals surface area contributed by atoms with Crippen molar-refractivity contribution in [1.82, 2.24) is 10.2 Å². The molecule has 6 nitrogen and oxygen atoms in total. The predicted molar refractivity (Wildman–Crippen MR) is 141 cm³/mol. The Morgan fingerprint density at radius 1 is 1.03 bits per heavy atom. The van der Waals surface area contributed by atoms with E-state index < -0.39 is 0 Å². The fraction of sp³-hybridized carbons (Fsp3) is 0.464. The van der Waals surface area contributed by atoms with Gasteiger partial charge in [-0.25, -0.2) is 0 Å². The summed E-state index contributed by atoms with van der Waals surface area (Å²) in [5.74, 6) is 1.84. The Balaban J connectivity index is 1.12. The zero-order valence-corrected chi connectivity index (χ0v) is 20.9.